The molecule has 0 aliphatic rings. The van der Waals surface area contributed by atoms with Crippen LogP contribution in [0.5, 0.6) is 11.5 Å². The Bertz CT molecular complexity index is 620. The average Bonchev–Trinajstić information content (AvgIpc) is 2.44. The molecular weight excluding hydrogens is 330 g/mol. The Morgan fingerprint density at radius 1 is 1.14 bits per heavy atom. The Hall–Kier alpha value is -1.55. The van der Waals surface area contributed by atoms with E-state index in [1.54, 1.807) is 13.3 Å². The van der Waals surface area contributed by atoms with Crippen LogP contribution in [0.15, 0.2) is 41.1 Å². The van der Waals surface area contributed by atoms with Gasteiger partial charge < -0.3 is 9.47 Å². The standard InChI is InChI=1S/C17H20BrNO2/c1-17(2,3)15-8-14(20-4)5-6-16(15)21-11-12-7-13(18)10-19-9-12/h5-10H,11H2,1-4H3. The zero-order valence-electron chi connectivity index (χ0n) is 12.8. The largest absolute Gasteiger partial charge is 0.497 e. The Morgan fingerprint density at radius 2 is 1.90 bits per heavy atom. The maximum atomic E-state index is 5.99. The molecule has 4 heteroatoms. The van der Waals surface area contributed by atoms with E-state index < -0.39 is 0 Å². The predicted molar refractivity (Wildman–Crippen MR) is 88.0 cm³/mol. The van der Waals surface area contributed by atoms with Gasteiger partial charge in [-0.2, -0.15) is 0 Å². The van der Waals surface area contributed by atoms with Crippen molar-refractivity contribution in [3.63, 3.8) is 0 Å². The molecule has 1 heterocycles. The van der Waals surface area contributed by atoms with Gasteiger partial charge in [0.25, 0.3) is 0 Å². The highest BCUT2D eigenvalue weighted by molar-refractivity contribution is 9.10. The molecular formula is C17H20BrNO2. The Labute approximate surface area is 134 Å². The van der Waals surface area contributed by atoms with E-state index in [4.69, 9.17) is 9.47 Å². The van der Waals surface area contributed by atoms with Gasteiger partial charge in [-0.05, 0) is 45.6 Å². The number of pyridine rings is 1. The molecule has 2 aromatic rings. The Balaban J connectivity index is 2.23. The smallest absolute Gasteiger partial charge is 0.123 e. The van der Waals surface area contributed by atoms with Crippen LogP contribution in [0.25, 0.3) is 0 Å². The van der Waals surface area contributed by atoms with E-state index in [2.05, 4.69) is 41.7 Å². The molecule has 0 N–H and O–H groups in total. The number of rotatable bonds is 4. The summed E-state index contributed by atoms with van der Waals surface area (Å²) in [6, 6.07) is 7.93. The lowest BCUT2D eigenvalue weighted by molar-refractivity contribution is 0.296. The first kappa shape index (κ1) is 15.8. The number of nitrogens with zero attached hydrogens (tertiary/aromatic N) is 1. The minimum atomic E-state index is -0.0145. The van der Waals surface area contributed by atoms with Crippen LogP contribution in [-0.4, -0.2) is 12.1 Å². The second-order valence-electron chi connectivity index (χ2n) is 5.91. The van der Waals surface area contributed by atoms with Gasteiger partial charge in [-0.15, -0.1) is 0 Å². The van der Waals surface area contributed by atoms with Crippen molar-refractivity contribution >= 4 is 15.9 Å². The topological polar surface area (TPSA) is 31.4 Å². The van der Waals surface area contributed by atoms with E-state index in [0.717, 1.165) is 27.1 Å². The van der Waals surface area contributed by atoms with Gasteiger partial charge in [-0.25, -0.2) is 0 Å². The van der Waals surface area contributed by atoms with Crippen molar-refractivity contribution in [2.45, 2.75) is 32.8 Å². The van der Waals surface area contributed by atoms with E-state index in [0.29, 0.717) is 6.61 Å². The zero-order chi connectivity index (χ0) is 15.5. The molecule has 0 saturated carbocycles. The molecule has 0 aliphatic heterocycles. The van der Waals surface area contributed by atoms with Crippen LogP contribution in [0.2, 0.25) is 0 Å². The first-order chi connectivity index (χ1) is 9.90. The SMILES string of the molecule is COc1ccc(OCc2cncc(Br)c2)c(C(C)(C)C)c1. The summed E-state index contributed by atoms with van der Waals surface area (Å²) in [6.07, 6.45) is 3.57. The van der Waals surface area contributed by atoms with Gasteiger partial charge in [0.05, 0.1) is 7.11 Å². The van der Waals surface area contributed by atoms with Crippen LogP contribution in [0.3, 0.4) is 0 Å². The molecule has 0 atom stereocenters. The minimum absolute atomic E-state index is 0.0145. The van der Waals surface area contributed by atoms with Crippen LogP contribution in [-0.2, 0) is 12.0 Å². The highest BCUT2D eigenvalue weighted by Crippen LogP contribution is 2.34. The maximum absolute atomic E-state index is 5.99. The summed E-state index contributed by atoms with van der Waals surface area (Å²) in [7, 11) is 1.68. The van der Waals surface area contributed by atoms with Crippen LogP contribution in [0.1, 0.15) is 31.9 Å². The maximum Gasteiger partial charge on any atom is 0.123 e. The highest BCUT2D eigenvalue weighted by Gasteiger charge is 2.20. The molecule has 21 heavy (non-hydrogen) atoms. The molecule has 0 bridgehead atoms. The van der Waals surface area contributed by atoms with Gasteiger partial charge in [0.15, 0.2) is 0 Å². The Morgan fingerprint density at radius 3 is 2.52 bits per heavy atom. The Kier molecular flexibility index (Phi) is 4.88. The molecule has 2 rings (SSSR count). The molecule has 3 nitrogen and oxygen atoms in total. The van der Waals surface area contributed by atoms with Crippen LogP contribution < -0.4 is 9.47 Å². The van der Waals surface area contributed by atoms with Crippen LogP contribution >= 0.6 is 15.9 Å². The lowest BCUT2D eigenvalue weighted by atomic mass is 9.86. The van der Waals surface area contributed by atoms with Gasteiger partial charge in [0.1, 0.15) is 18.1 Å². The van der Waals surface area contributed by atoms with E-state index in [1.165, 1.54) is 0 Å². The summed E-state index contributed by atoms with van der Waals surface area (Å²) in [5, 5.41) is 0. The van der Waals surface area contributed by atoms with Crippen molar-refractivity contribution in [1.29, 1.82) is 0 Å². The van der Waals surface area contributed by atoms with E-state index >= 15 is 0 Å². The lowest BCUT2D eigenvalue weighted by Gasteiger charge is -2.23. The number of hydrogen-bond acceptors (Lipinski definition) is 3. The number of hydrogen-bond donors (Lipinski definition) is 0. The second kappa shape index (κ2) is 6.48. The fraction of sp³-hybridized carbons (Fsp3) is 0.353. The van der Waals surface area contributed by atoms with Crippen molar-refractivity contribution in [3.05, 3.63) is 52.3 Å². The van der Waals surface area contributed by atoms with Gasteiger partial charge >= 0.3 is 0 Å². The number of aromatic nitrogens is 1. The molecule has 112 valence electrons. The fourth-order valence-corrected chi connectivity index (χ4v) is 2.46. The first-order valence-corrected chi connectivity index (χ1v) is 7.60. The normalized spacial score (nSPS) is 11.3. The molecule has 0 spiro atoms. The third kappa shape index (κ3) is 4.21. The number of methoxy groups -OCH3 is 1. The van der Waals surface area contributed by atoms with Gasteiger partial charge in [0.2, 0.25) is 0 Å². The number of ether oxygens (including phenoxy) is 2. The van der Waals surface area contributed by atoms with Crippen LogP contribution in [0, 0.1) is 0 Å². The molecule has 0 aliphatic carbocycles. The minimum Gasteiger partial charge on any atom is -0.497 e. The van der Waals surface area contributed by atoms with Crippen molar-refractivity contribution in [3.8, 4) is 11.5 Å². The molecule has 0 saturated heterocycles. The summed E-state index contributed by atoms with van der Waals surface area (Å²) in [4.78, 5) is 4.15. The van der Waals surface area contributed by atoms with Gasteiger partial charge in [-0.3, -0.25) is 4.98 Å². The van der Waals surface area contributed by atoms with Gasteiger partial charge in [0, 0.05) is 28.0 Å². The zero-order valence-corrected chi connectivity index (χ0v) is 14.4. The number of benzene rings is 1. The first-order valence-electron chi connectivity index (χ1n) is 6.81. The quantitative estimate of drug-likeness (QED) is 0.799. The van der Waals surface area contributed by atoms with Crippen molar-refractivity contribution in [2.75, 3.05) is 7.11 Å². The summed E-state index contributed by atoms with van der Waals surface area (Å²) in [5.74, 6) is 1.72. The van der Waals surface area contributed by atoms with Crippen molar-refractivity contribution in [1.82, 2.24) is 4.98 Å². The third-order valence-electron chi connectivity index (χ3n) is 3.15. The average molecular weight is 350 g/mol. The number of halogens is 1. The van der Waals surface area contributed by atoms with E-state index in [-0.39, 0.29) is 5.41 Å². The van der Waals surface area contributed by atoms with Crippen LogP contribution in [0.4, 0.5) is 0 Å². The lowest BCUT2D eigenvalue weighted by Crippen LogP contribution is -2.13. The summed E-state index contributed by atoms with van der Waals surface area (Å²) in [6.45, 7) is 6.97. The summed E-state index contributed by atoms with van der Waals surface area (Å²) >= 11 is 3.42. The molecule has 0 unspecified atom stereocenters. The molecule has 0 amide bonds. The van der Waals surface area contributed by atoms with Gasteiger partial charge in [-0.1, -0.05) is 20.8 Å². The van der Waals surface area contributed by atoms with E-state index in [9.17, 15) is 0 Å². The van der Waals surface area contributed by atoms with E-state index in [1.807, 2.05) is 30.5 Å². The summed E-state index contributed by atoms with van der Waals surface area (Å²) in [5.41, 5.74) is 2.14. The summed E-state index contributed by atoms with van der Waals surface area (Å²) < 4.78 is 12.3. The predicted octanol–water partition coefficient (Wildman–Crippen LogP) is 4.73. The molecule has 0 fully saturated rings. The monoisotopic (exact) mass is 349 g/mol. The highest BCUT2D eigenvalue weighted by atomic mass is 79.9. The molecule has 0 radical (unpaired) electrons. The van der Waals surface area contributed by atoms with Crippen molar-refractivity contribution in [2.24, 2.45) is 0 Å². The third-order valence-corrected chi connectivity index (χ3v) is 3.58. The molecule has 1 aromatic heterocycles. The van der Waals surface area contributed by atoms with Crippen molar-refractivity contribution < 1.29 is 9.47 Å². The molecule has 1 aromatic carbocycles. The fourth-order valence-electron chi connectivity index (χ4n) is 2.04. The second-order valence-corrected chi connectivity index (χ2v) is 6.83.